The van der Waals surface area contributed by atoms with Crippen LogP contribution in [0.25, 0.3) is 0 Å². The molecule has 1 saturated heterocycles. The number of likely N-dealkylation sites (N-methyl/N-ethyl adjacent to an activating group) is 1. The molecule has 1 aliphatic heterocycles. The molecule has 0 spiro atoms. The van der Waals surface area contributed by atoms with Gasteiger partial charge >= 0.3 is 0 Å². The number of likely N-dealkylation sites (tertiary alicyclic amines) is 1. The van der Waals surface area contributed by atoms with E-state index in [1.807, 2.05) is 7.05 Å². The summed E-state index contributed by atoms with van der Waals surface area (Å²) in [4.78, 5) is 2.38. The Labute approximate surface area is 110 Å². The largest absolute Gasteiger partial charge is 0.388 e. The van der Waals surface area contributed by atoms with Crippen molar-refractivity contribution in [1.29, 1.82) is 0 Å². The van der Waals surface area contributed by atoms with E-state index in [4.69, 9.17) is 0 Å². The standard InChI is InChI=1S/C16H22N2/c1-13(17-3)15-7-6-8-16(10-9-15)14(2)18-11-4-5-12-18/h7-10,17H,1-2,4-6,11-12H2,3H3. The van der Waals surface area contributed by atoms with Gasteiger partial charge in [0, 0.05) is 31.5 Å². The lowest BCUT2D eigenvalue weighted by atomic mass is 10.1. The van der Waals surface area contributed by atoms with Gasteiger partial charge in [0.05, 0.1) is 0 Å². The average molecular weight is 242 g/mol. The molecule has 0 amide bonds. The van der Waals surface area contributed by atoms with Crippen molar-refractivity contribution >= 4 is 0 Å². The molecule has 1 fully saturated rings. The molecule has 0 saturated carbocycles. The third kappa shape index (κ3) is 2.76. The second-order valence-corrected chi connectivity index (χ2v) is 4.76. The van der Waals surface area contributed by atoms with Crippen LogP contribution in [0.15, 0.2) is 60.0 Å². The fraction of sp³-hybridized carbons (Fsp3) is 0.375. The number of allylic oxidation sites excluding steroid dienone is 4. The predicted molar refractivity (Wildman–Crippen MR) is 78.1 cm³/mol. The lowest BCUT2D eigenvalue weighted by molar-refractivity contribution is 0.438. The van der Waals surface area contributed by atoms with Gasteiger partial charge in [-0.15, -0.1) is 0 Å². The Kier molecular flexibility index (Phi) is 4.08. The molecule has 0 atom stereocenters. The first-order valence-corrected chi connectivity index (χ1v) is 6.62. The normalized spacial score (nSPS) is 19.1. The molecule has 1 aliphatic carbocycles. The van der Waals surface area contributed by atoms with E-state index in [1.165, 1.54) is 18.4 Å². The lowest BCUT2D eigenvalue weighted by Crippen LogP contribution is -2.18. The zero-order valence-corrected chi connectivity index (χ0v) is 11.2. The molecule has 1 heterocycles. The van der Waals surface area contributed by atoms with Gasteiger partial charge in [-0.05, 0) is 30.4 Å². The van der Waals surface area contributed by atoms with E-state index in [2.05, 4.69) is 47.7 Å². The van der Waals surface area contributed by atoms with Gasteiger partial charge in [0.15, 0.2) is 0 Å². The fourth-order valence-corrected chi connectivity index (χ4v) is 2.38. The summed E-state index contributed by atoms with van der Waals surface area (Å²) in [5.41, 5.74) is 4.53. The quantitative estimate of drug-likeness (QED) is 0.814. The Morgan fingerprint density at radius 2 is 1.72 bits per heavy atom. The minimum atomic E-state index is 0.936. The number of nitrogens with one attached hydrogen (secondary N) is 1. The third-order valence-corrected chi connectivity index (χ3v) is 3.59. The molecule has 2 aliphatic rings. The van der Waals surface area contributed by atoms with Crippen molar-refractivity contribution in [2.45, 2.75) is 19.3 Å². The fourth-order valence-electron chi connectivity index (χ4n) is 2.38. The first-order chi connectivity index (χ1) is 8.72. The van der Waals surface area contributed by atoms with Gasteiger partial charge in [-0.2, -0.15) is 0 Å². The number of rotatable bonds is 4. The maximum Gasteiger partial charge on any atom is 0.0363 e. The summed E-state index contributed by atoms with van der Waals surface area (Å²) in [6.45, 7) is 10.5. The summed E-state index contributed by atoms with van der Waals surface area (Å²) < 4.78 is 0. The molecule has 0 radical (unpaired) electrons. The van der Waals surface area contributed by atoms with Crippen LogP contribution < -0.4 is 5.32 Å². The topological polar surface area (TPSA) is 15.3 Å². The highest BCUT2D eigenvalue weighted by Crippen LogP contribution is 2.24. The van der Waals surface area contributed by atoms with E-state index < -0.39 is 0 Å². The summed E-state index contributed by atoms with van der Waals surface area (Å²) >= 11 is 0. The van der Waals surface area contributed by atoms with Crippen LogP contribution in [-0.4, -0.2) is 25.0 Å². The first kappa shape index (κ1) is 12.7. The van der Waals surface area contributed by atoms with Crippen molar-refractivity contribution in [3.8, 4) is 0 Å². The number of hydrogen-bond donors (Lipinski definition) is 1. The second kappa shape index (κ2) is 5.76. The van der Waals surface area contributed by atoms with Gasteiger partial charge < -0.3 is 10.2 Å². The smallest absolute Gasteiger partial charge is 0.0363 e. The second-order valence-electron chi connectivity index (χ2n) is 4.76. The molecule has 0 aromatic heterocycles. The van der Waals surface area contributed by atoms with E-state index in [0.29, 0.717) is 0 Å². The number of hydrogen-bond acceptors (Lipinski definition) is 2. The summed E-state index contributed by atoms with van der Waals surface area (Å²) in [5.74, 6) is 0. The van der Waals surface area contributed by atoms with Crippen LogP contribution in [0.4, 0.5) is 0 Å². The molecule has 1 N–H and O–H groups in total. The molecule has 96 valence electrons. The van der Waals surface area contributed by atoms with Gasteiger partial charge in [0.1, 0.15) is 0 Å². The highest BCUT2D eigenvalue weighted by Gasteiger charge is 2.15. The maximum absolute atomic E-state index is 4.24. The zero-order chi connectivity index (χ0) is 13.0. The average Bonchev–Trinajstić information content (AvgIpc) is 2.81. The van der Waals surface area contributed by atoms with Crippen molar-refractivity contribution in [2.24, 2.45) is 0 Å². The van der Waals surface area contributed by atoms with E-state index in [-0.39, 0.29) is 0 Å². The molecule has 2 rings (SSSR count). The van der Waals surface area contributed by atoms with E-state index in [0.717, 1.165) is 36.5 Å². The monoisotopic (exact) mass is 242 g/mol. The van der Waals surface area contributed by atoms with E-state index >= 15 is 0 Å². The van der Waals surface area contributed by atoms with Crippen LogP contribution >= 0.6 is 0 Å². The lowest BCUT2D eigenvalue weighted by Gasteiger charge is -2.21. The Morgan fingerprint density at radius 1 is 1.11 bits per heavy atom. The van der Waals surface area contributed by atoms with Crippen LogP contribution in [0.1, 0.15) is 19.3 Å². The molecule has 0 aromatic carbocycles. The van der Waals surface area contributed by atoms with Gasteiger partial charge in [0.2, 0.25) is 0 Å². The van der Waals surface area contributed by atoms with Crippen molar-refractivity contribution in [1.82, 2.24) is 10.2 Å². The predicted octanol–water partition coefficient (Wildman–Crippen LogP) is 3.14. The molecule has 2 heteroatoms. The SMILES string of the molecule is C=C(NC)C1=CCC=C(C(=C)N2CCCC2)C=C1. The van der Waals surface area contributed by atoms with Gasteiger partial charge in [-0.1, -0.05) is 37.5 Å². The van der Waals surface area contributed by atoms with Crippen molar-refractivity contribution in [3.63, 3.8) is 0 Å². The highest BCUT2D eigenvalue weighted by atomic mass is 15.1. The van der Waals surface area contributed by atoms with Gasteiger partial charge in [0.25, 0.3) is 0 Å². The molecule has 0 aromatic rings. The molecular weight excluding hydrogens is 220 g/mol. The Bertz CT molecular complexity index is 432. The summed E-state index contributed by atoms with van der Waals surface area (Å²) in [6.07, 6.45) is 12.2. The van der Waals surface area contributed by atoms with Crippen LogP contribution in [0.3, 0.4) is 0 Å². The van der Waals surface area contributed by atoms with Crippen molar-refractivity contribution in [3.05, 3.63) is 60.0 Å². The van der Waals surface area contributed by atoms with E-state index in [1.54, 1.807) is 0 Å². The third-order valence-electron chi connectivity index (χ3n) is 3.59. The van der Waals surface area contributed by atoms with Crippen LogP contribution in [-0.2, 0) is 0 Å². The van der Waals surface area contributed by atoms with Crippen molar-refractivity contribution < 1.29 is 0 Å². The minimum absolute atomic E-state index is 0.936. The molecule has 2 nitrogen and oxygen atoms in total. The first-order valence-electron chi connectivity index (χ1n) is 6.62. The highest BCUT2D eigenvalue weighted by molar-refractivity contribution is 5.47. The van der Waals surface area contributed by atoms with Crippen LogP contribution in [0, 0.1) is 0 Å². The Balaban J connectivity index is 2.06. The van der Waals surface area contributed by atoms with Crippen LogP contribution in [0.5, 0.6) is 0 Å². The maximum atomic E-state index is 4.24. The van der Waals surface area contributed by atoms with Gasteiger partial charge in [-0.25, -0.2) is 0 Å². The van der Waals surface area contributed by atoms with Crippen molar-refractivity contribution in [2.75, 3.05) is 20.1 Å². The Hall–Kier alpha value is -1.70. The van der Waals surface area contributed by atoms with Crippen LogP contribution in [0.2, 0.25) is 0 Å². The minimum Gasteiger partial charge on any atom is -0.388 e. The summed E-state index contributed by atoms with van der Waals surface area (Å²) in [5, 5.41) is 3.09. The van der Waals surface area contributed by atoms with Gasteiger partial charge in [-0.3, -0.25) is 0 Å². The zero-order valence-electron chi connectivity index (χ0n) is 11.2. The molecule has 18 heavy (non-hydrogen) atoms. The Morgan fingerprint density at radius 3 is 2.39 bits per heavy atom. The molecular formula is C16H22N2. The molecule has 0 bridgehead atoms. The number of nitrogens with zero attached hydrogens (tertiary/aromatic N) is 1. The summed E-state index contributed by atoms with van der Waals surface area (Å²) in [7, 11) is 1.90. The van der Waals surface area contributed by atoms with E-state index in [9.17, 15) is 0 Å². The summed E-state index contributed by atoms with van der Waals surface area (Å²) in [6, 6.07) is 0. The molecule has 0 unspecified atom stereocenters.